The molecule has 22 heavy (non-hydrogen) atoms. The highest BCUT2D eigenvalue weighted by molar-refractivity contribution is 7.13. The summed E-state index contributed by atoms with van der Waals surface area (Å²) in [5.74, 6) is 1.15. The van der Waals surface area contributed by atoms with Gasteiger partial charge in [0.25, 0.3) is 0 Å². The molecule has 2 aromatic rings. The van der Waals surface area contributed by atoms with Crippen LogP contribution >= 0.6 is 11.3 Å². The molecule has 0 radical (unpaired) electrons. The summed E-state index contributed by atoms with van der Waals surface area (Å²) in [6.45, 7) is 8.14. The predicted molar refractivity (Wildman–Crippen MR) is 91.8 cm³/mol. The van der Waals surface area contributed by atoms with E-state index in [1.54, 1.807) is 18.3 Å². The van der Waals surface area contributed by atoms with Crippen molar-refractivity contribution in [2.75, 3.05) is 6.61 Å². The number of rotatable bonds is 6. The van der Waals surface area contributed by atoms with Crippen molar-refractivity contribution >= 4 is 22.3 Å². The molecule has 6 heteroatoms. The van der Waals surface area contributed by atoms with Gasteiger partial charge in [-0.15, -0.1) is 11.3 Å². The summed E-state index contributed by atoms with van der Waals surface area (Å²) in [6.07, 6.45) is 5.16. The lowest BCUT2D eigenvalue weighted by atomic mass is 10.3. The van der Waals surface area contributed by atoms with Gasteiger partial charge in [-0.1, -0.05) is 12.7 Å². The molecule has 0 saturated heterocycles. The van der Waals surface area contributed by atoms with Crippen molar-refractivity contribution in [3.63, 3.8) is 0 Å². The standard InChI is InChI=1S/C16H18N4OS/c1-4-11(3)8-15(17)20-16-19-14(10-22-16)13-7-6-12(9-18-13)21-5-2/h4,6-10H,1,5H2,2-3H3,(H2,17,19,20)/b11-8-. The minimum Gasteiger partial charge on any atom is -0.492 e. The van der Waals surface area contributed by atoms with Crippen molar-refractivity contribution in [3.05, 3.63) is 48.0 Å². The number of nitrogens with zero attached hydrogens (tertiary/aromatic N) is 3. The zero-order valence-electron chi connectivity index (χ0n) is 12.6. The average Bonchev–Trinajstić information content (AvgIpc) is 2.96. The number of thiazole rings is 1. The Morgan fingerprint density at radius 1 is 1.45 bits per heavy atom. The summed E-state index contributed by atoms with van der Waals surface area (Å²) < 4.78 is 5.37. The molecular weight excluding hydrogens is 296 g/mol. The highest BCUT2D eigenvalue weighted by Crippen LogP contribution is 2.26. The summed E-state index contributed by atoms with van der Waals surface area (Å²) in [5.41, 5.74) is 8.34. The third-order valence-electron chi connectivity index (χ3n) is 2.72. The lowest BCUT2D eigenvalue weighted by Crippen LogP contribution is -2.07. The van der Waals surface area contributed by atoms with Gasteiger partial charge in [-0.05, 0) is 37.6 Å². The number of aromatic nitrogens is 2. The van der Waals surface area contributed by atoms with Gasteiger partial charge in [-0.25, -0.2) is 9.98 Å². The summed E-state index contributed by atoms with van der Waals surface area (Å²) >= 11 is 1.42. The van der Waals surface area contributed by atoms with E-state index in [9.17, 15) is 0 Å². The Morgan fingerprint density at radius 3 is 2.91 bits per heavy atom. The first kappa shape index (κ1) is 15.9. The van der Waals surface area contributed by atoms with Gasteiger partial charge in [0, 0.05) is 5.38 Å². The quantitative estimate of drug-likeness (QED) is 0.501. The molecule has 2 heterocycles. The van der Waals surface area contributed by atoms with Crippen molar-refractivity contribution in [2.45, 2.75) is 13.8 Å². The van der Waals surface area contributed by atoms with Gasteiger partial charge in [0.2, 0.25) is 5.13 Å². The van der Waals surface area contributed by atoms with Crippen LogP contribution in [0.15, 0.2) is 53.0 Å². The molecule has 5 nitrogen and oxygen atoms in total. The van der Waals surface area contributed by atoms with E-state index in [4.69, 9.17) is 10.5 Å². The van der Waals surface area contributed by atoms with Gasteiger partial charge in [0.15, 0.2) is 0 Å². The van der Waals surface area contributed by atoms with Gasteiger partial charge in [0.05, 0.1) is 18.5 Å². The maximum absolute atomic E-state index is 5.84. The molecule has 0 atom stereocenters. The van der Waals surface area contributed by atoms with Crippen LogP contribution in [0.4, 0.5) is 5.13 Å². The first-order valence-corrected chi connectivity index (χ1v) is 7.70. The first-order valence-electron chi connectivity index (χ1n) is 6.82. The van der Waals surface area contributed by atoms with Crippen molar-refractivity contribution < 1.29 is 4.74 Å². The summed E-state index contributed by atoms with van der Waals surface area (Å²) in [5, 5.41) is 2.50. The van der Waals surface area contributed by atoms with E-state index in [1.165, 1.54) is 11.3 Å². The van der Waals surface area contributed by atoms with Crippen LogP contribution in [-0.4, -0.2) is 22.4 Å². The molecule has 0 saturated carbocycles. The van der Waals surface area contributed by atoms with Gasteiger partial charge in [0.1, 0.15) is 17.3 Å². The first-order chi connectivity index (χ1) is 10.6. The topological polar surface area (TPSA) is 73.4 Å². The Hall–Kier alpha value is -2.47. The maximum atomic E-state index is 5.84. The van der Waals surface area contributed by atoms with E-state index in [0.717, 1.165) is 22.7 Å². The van der Waals surface area contributed by atoms with E-state index in [-0.39, 0.29) is 0 Å². The van der Waals surface area contributed by atoms with Gasteiger partial charge < -0.3 is 10.5 Å². The minimum absolute atomic E-state index is 0.401. The maximum Gasteiger partial charge on any atom is 0.211 e. The van der Waals surface area contributed by atoms with Crippen molar-refractivity contribution in [3.8, 4) is 17.1 Å². The molecule has 0 amide bonds. The van der Waals surface area contributed by atoms with E-state index >= 15 is 0 Å². The third kappa shape index (κ3) is 4.26. The van der Waals surface area contributed by atoms with Crippen LogP contribution in [0.1, 0.15) is 13.8 Å². The molecule has 0 fully saturated rings. The second-order valence-corrected chi connectivity index (χ2v) is 5.29. The number of hydrogen-bond donors (Lipinski definition) is 1. The van der Waals surface area contributed by atoms with Crippen molar-refractivity contribution in [1.82, 2.24) is 9.97 Å². The minimum atomic E-state index is 0.401. The molecule has 2 rings (SSSR count). The second-order valence-electron chi connectivity index (χ2n) is 4.46. The molecule has 0 aliphatic rings. The fourth-order valence-corrected chi connectivity index (χ4v) is 2.35. The zero-order valence-corrected chi connectivity index (χ0v) is 13.4. The molecule has 2 N–H and O–H groups in total. The average molecular weight is 314 g/mol. The number of aliphatic imine (C=N–C) groups is 1. The van der Waals surface area contributed by atoms with Gasteiger partial charge >= 0.3 is 0 Å². The highest BCUT2D eigenvalue weighted by Gasteiger charge is 2.06. The highest BCUT2D eigenvalue weighted by atomic mass is 32.1. The summed E-state index contributed by atoms with van der Waals surface area (Å²) in [6, 6.07) is 3.75. The number of allylic oxidation sites excluding steroid dienone is 2. The monoisotopic (exact) mass is 314 g/mol. The second kappa shape index (κ2) is 7.51. The van der Waals surface area contributed by atoms with E-state index in [2.05, 4.69) is 21.5 Å². The molecule has 0 aromatic carbocycles. The Bertz CT molecular complexity index is 701. The van der Waals surface area contributed by atoms with Crippen molar-refractivity contribution in [2.24, 2.45) is 10.7 Å². The lowest BCUT2D eigenvalue weighted by molar-refractivity contribution is 0.339. The molecule has 2 aromatic heterocycles. The largest absolute Gasteiger partial charge is 0.492 e. The van der Waals surface area contributed by atoms with Crippen LogP contribution < -0.4 is 10.5 Å². The van der Waals surface area contributed by atoms with Crippen LogP contribution in [0.2, 0.25) is 0 Å². The molecule has 0 aliphatic carbocycles. The Balaban J connectivity index is 2.17. The molecule has 0 unspecified atom stereocenters. The molecule has 0 spiro atoms. The van der Waals surface area contributed by atoms with Crippen LogP contribution in [0.5, 0.6) is 5.75 Å². The van der Waals surface area contributed by atoms with Crippen LogP contribution in [0, 0.1) is 0 Å². The van der Waals surface area contributed by atoms with Gasteiger partial charge in [-0.2, -0.15) is 0 Å². The number of pyridine rings is 1. The number of ether oxygens (including phenoxy) is 1. The third-order valence-corrected chi connectivity index (χ3v) is 3.46. The van der Waals surface area contributed by atoms with E-state index < -0.39 is 0 Å². The smallest absolute Gasteiger partial charge is 0.211 e. The van der Waals surface area contributed by atoms with Crippen LogP contribution in [0.3, 0.4) is 0 Å². The zero-order chi connectivity index (χ0) is 15.9. The van der Waals surface area contributed by atoms with Gasteiger partial charge in [-0.3, -0.25) is 4.98 Å². The van der Waals surface area contributed by atoms with E-state index in [0.29, 0.717) is 17.6 Å². The summed E-state index contributed by atoms with van der Waals surface area (Å²) in [4.78, 5) is 13.0. The lowest BCUT2D eigenvalue weighted by Gasteiger charge is -2.02. The Labute approximate surface area is 133 Å². The summed E-state index contributed by atoms with van der Waals surface area (Å²) in [7, 11) is 0. The number of nitrogens with two attached hydrogens (primary N) is 1. The molecule has 0 aliphatic heterocycles. The SMILES string of the molecule is C=C/C(C)=C\C(N)=N\c1nc(-c2ccc(OCC)cn2)cs1. The Kier molecular flexibility index (Phi) is 5.43. The van der Waals surface area contributed by atoms with Crippen LogP contribution in [0.25, 0.3) is 11.4 Å². The Morgan fingerprint density at radius 2 is 2.27 bits per heavy atom. The molecule has 114 valence electrons. The fraction of sp³-hybridized carbons (Fsp3) is 0.188. The molecule has 0 bridgehead atoms. The normalized spacial score (nSPS) is 12.3. The van der Waals surface area contributed by atoms with Crippen molar-refractivity contribution in [1.29, 1.82) is 0 Å². The van der Waals surface area contributed by atoms with E-state index in [1.807, 2.05) is 31.4 Å². The number of amidine groups is 1. The predicted octanol–water partition coefficient (Wildman–Crippen LogP) is 3.72. The number of hydrogen-bond acceptors (Lipinski definition) is 5. The fourth-order valence-electron chi connectivity index (χ4n) is 1.65. The molecular formula is C16H18N4OS. The van der Waals surface area contributed by atoms with Crippen LogP contribution in [-0.2, 0) is 0 Å².